The van der Waals surface area contributed by atoms with E-state index in [1.807, 2.05) is 13.8 Å². The van der Waals surface area contributed by atoms with Crippen LogP contribution in [0.3, 0.4) is 0 Å². The minimum absolute atomic E-state index is 0.0145. The van der Waals surface area contributed by atoms with Gasteiger partial charge in [0.2, 0.25) is 0 Å². The van der Waals surface area contributed by atoms with E-state index in [0.717, 1.165) is 0 Å². The number of aliphatic hydroxyl groups is 1. The van der Waals surface area contributed by atoms with Crippen molar-refractivity contribution in [2.45, 2.75) is 26.3 Å². The molecule has 0 aliphatic carbocycles. The van der Waals surface area contributed by atoms with Gasteiger partial charge >= 0.3 is 5.97 Å². The SMILES string of the molecule is CC(C)n1cc(N)cc1C(=O)OCCCO. The predicted molar refractivity (Wildman–Crippen MR) is 61.2 cm³/mol. The largest absolute Gasteiger partial charge is 0.461 e. The van der Waals surface area contributed by atoms with Gasteiger partial charge in [-0.15, -0.1) is 0 Å². The fourth-order valence-electron chi connectivity index (χ4n) is 1.39. The molecule has 90 valence electrons. The summed E-state index contributed by atoms with van der Waals surface area (Å²) in [5, 5.41) is 8.58. The number of ether oxygens (including phenoxy) is 1. The van der Waals surface area contributed by atoms with E-state index >= 15 is 0 Å². The maximum absolute atomic E-state index is 11.7. The molecule has 3 N–H and O–H groups in total. The molecule has 0 saturated heterocycles. The Kier molecular flexibility index (Phi) is 4.37. The molecular formula is C11H18N2O3. The van der Waals surface area contributed by atoms with Crippen molar-refractivity contribution in [3.63, 3.8) is 0 Å². The normalized spacial score (nSPS) is 10.8. The third-order valence-electron chi connectivity index (χ3n) is 2.17. The Bertz CT molecular complexity index is 358. The third kappa shape index (κ3) is 3.00. The van der Waals surface area contributed by atoms with Crippen LogP contribution in [0.1, 0.15) is 36.8 Å². The van der Waals surface area contributed by atoms with Gasteiger partial charge in [-0.1, -0.05) is 0 Å². The van der Waals surface area contributed by atoms with Crippen LogP contribution in [0.4, 0.5) is 5.69 Å². The number of carbonyl (C=O) groups excluding carboxylic acids is 1. The molecule has 1 aromatic rings. The minimum atomic E-state index is -0.404. The summed E-state index contributed by atoms with van der Waals surface area (Å²) in [6, 6.07) is 1.75. The van der Waals surface area contributed by atoms with Crippen molar-refractivity contribution in [2.24, 2.45) is 0 Å². The molecule has 5 heteroatoms. The zero-order chi connectivity index (χ0) is 12.1. The summed E-state index contributed by atoms with van der Waals surface area (Å²) in [6.07, 6.45) is 2.16. The summed E-state index contributed by atoms with van der Waals surface area (Å²) in [5.74, 6) is -0.404. The Morgan fingerprint density at radius 3 is 2.88 bits per heavy atom. The summed E-state index contributed by atoms with van der Waals surface area (Å²) in [6.45, 7) is 4.16. The van der Waals surface area contributed by atoms with E-state index in [2.05, 4.69) is 0 Å². The van der Waals surface area contributed by atoms with Gasteiger partial charge in [-0.05, 0) is 19.9 Å². The highest BCUT2D eigenvalue weighted by atomic mass is 16.5. The molecule has 0 atom stereocenters. The number of rotatable bonds is 5. The van der Waals surface area contributed by atoms with E-state index < -0.39 is 5.97 Å². The van der Waals surface area contributed by atoms with Crippen molar-refractivity contribution in [1.29, 1.82) is 0 Å². The Morgan fingerprint density at radius 2 is 2.31 bits per heavy atom. The van der Waals surface area contributed by atoms with Crippen LogP contribution in [0.25, 0.3) is 0 Å². The minimum Gasteiger partial charge on any atom is -0.461 e. The summed E-state index contributed by atoms with van der Waals surface area (Å²) in [7, 11) is 0. The van der Waals surface area contributed by atoms with E-state index in [1.165, 1.54) is 0 Å². The van der Waals surface area contributed by atoms with Crippen LogP contribution in [0.15, 0.2) is 12.3 Å². The average molecular weight is 226 g/mol. The van der Waals surface area contributed by atoms with Crippen molar-refractivity contribution in [1.82, 2.24) is 4.57 Å². The molecular weight excluding hydrogens is 208 g/mol. The first-order valence-corrected chi connectivity index (χ1v) is 5.31. The third-order valence-corrected chi connectivity index (χ3v) is 2.17. The molecule has 0 amide bonds. The molecule has 0 radical (unpaired) electrons. The van der Waals surface area contributed by atoms with E-state index in [9.17, 15) is 4.79 Å². The van der Waals surface area contributed by atoms with Gasteiger partial charge in [-0.25, -0.2) is 4.79 Å². The highest BCUT2D eigenvalue weighted by Crippen LogP contribution is 2.17. The summed E-state index contributed by atoms with van der Waals surface area (Å²) in [4.78, 5) is 11.7. The van der Waals surface area contributed by atoms with E-state index in [0.29, 0.717) is 17.8 Å². The van der Waals surface area contributed by atoms with Crippen molar-refractivity contribution < 1.29 is 14.6 Å². The molecule has 16 heavy (non-hydrogen) atoms. The number of nitrogen functional groups attached to an aromatic ring is 1. The number of esters is 1. The van der Waals surface area contributed by atoms with E-state index in [4.69, 9.17) is 15.6 Å². The van der Waals surface area contributed by atoms with Crippen LogP contribution >= 0.6 is 0 Å². The molecule has 0 saturated carbocycles. The maximum atomic E-state index is 11.7. The van der Waals surface area contributed by atoms with Gasteiger partial charge in [0.25, 0.3) is 0 Å². The lowest BCUT2D eigenvalue weighted by Crippen LogP contribution is -2.14. The van der Waals surface area contributed by atoms with Gasteiger partial charge in [0.1, 0.15) is 5.69 Å². The quantitative estimate of drug-likeness (QED) is 0.584. The fraction of sp³-hybridized carbons (Fsp3) is 0.545. The van der Waals surface area contributed by atoms with Gasteiger partial charge in [0.15, 0.2) is 0 Å². The fourth-order valence-corrected chi connectivity index (χ4v) is 1.39. The first kappa shape index (κ1) is 12.6. The molecule has 0 spiro atoms. The van der Waals surface area contributed by atoms with Crippen LogP contribution in [0, 0.1) is 0 Å². The number of aliphatic hydroxyl groups excluding tert-OH is 1. The molecule has 1 heterocycles. The lowest BCUT2D eigenvalue weighted by Gasteiger charge is -2.11. The zero-order valence-corrected chi connectivity index (χ0v) is 9.64. The molecule has 5 nitrogen and oxygen atoms in total. The van der Waals surface area contributed by atoms with Crippen molar-refractivity contribution in [2.75, 3.05) is 18.9 Å². The van der Waals surface area contributed by atoms with Crippen molar-refractivity contribution in [3.8, 4) is 0 Å². The number of nitrogens with zero attached hydrogens (tertiary/aromatic N) is 1. The number of hydrogen-bond acceptors (Lipinski definition) is 4. The number of anilines is 1. The number of aromatic nitrogens is 1. The van der Waals surface area contributed by atoms with Crippen LogP contribution in [0.5, 0.6) is 0 Å². The predicted octanol–water partition coefficient (Wildman–Crippen LogP) is 1.19. The van der Waals surface area contributed by atoms with Crippen LogP contribution < -0.4 is 5.73 Å². The summed E-state index contributed by atoms with van der Waals surface area (Å²) in [5.41, 5.74) is 6.63. The average Bonchev–Trinajstić information content (AvgIpc) is 2.61. The Morgan fingerprint density at radius 1 is 1.62 bits per heavy atom. The molecule has 0 aromatic carbocycles. The number of nitrogens with two attached hydrogens (primary N) is 1. The highest BCUT2D eigenvalue weighted by Gasteiger charge is 2.15. The smallest absolute Gasteiger partial charge is 0.355 e. The molecule has 0 aliphatic rings. The van der Waals surface area contributed by atoms with Crippen LogP contribution in [-0.4, -0.2) is 28.9 Å². The Hall–Kier alpha value is -1.49. The molecule has 1 rings (SSSR count). The molecule has 0 aliphatic heterocycles. The maximum Gasteiger partial charge on any atom is 0.355 e. The van der Waals surface area contributed by atoms with Gasteiger partial charge in [-0.3, -0.25) is 0 Å². The highest BCUT2D eigenvalue weighted by molar-refractivity contribution is 5.89. The first-order valence-electron chi connectivity index (χ1n) is 5.31. The molecule has 0 bridgehead atoms. The Labute approximate surface area is 94.8 Å². The standard InChI is InChI=1S/C11H18N2O3/c1-8(2)13-7-9(12)6-10(13)11(15)16-5-3-4-14/h6-8,14H,3-5,12H2,1-2H3. The van der Waals surface area contributed by atoms with Crippen molar-refractivity contribution >= 4 is 11.7 Å². The molecule has 0 fully saturated rings. The van der Waals surface area contributed by atoms with Crippen molar-refractivity contribution in [3.05, 3.63) is 18.0 Å². The first-order chi connectivity index (χ1) is 7.56. The second-order valence-electron chi connectivity index (χ2n) is 3.87. The monoisotopic (exact) mass is 226 g/mol. The lowest BCUT2D eigenvalue weighted by molar-refractivity contribution is 0.0468. The van der Waals surface area contributed by atoms with Gasteiger partial charge in [0.05, 0.1) is 12.3 Å². The number of carbonyl (C=O) groups is 1. The van der Waals surface area contributed by atoms with Gasteiger partial charge < -0.3 is 20.1 Å². The summed E-state index contributed by atoms with van der Waals surface area (Å²) < 4.78 is 6.77. The zero-order valence-electron chi connectivity index (χ0n) is 9.64. The van der Waals surface area contributed by atoms with Gasteiger partial charge in [-0.2, -0.15) is 0 Å². The second-order valence-corrected chi connectivity index (χ2v) is 3.87. The van der Waals surface area contributed by atoms with E-state index in [-0.39, 0.29) is 19.3 Å². The molecule has 0 unspecified atom stereocenters. The number of hydrogen-bond donors (Lipinski definition) is 2. The van der Waals surface area contributed by atoms with Crippen LogP contribution in [0.2, 0.25) is 0 Å². The topological polar surface area (TPSA) is 77.5 Å². The Balaban J connectivity index is 2.74. The summed E-state index contributed by atoms with van der Waals surface area (Å²) >= 11 is 0. The van der Waals surface area contributed by atoms with E-state index in [1.54, 1.807) is 16.8 Å². The lowest BCUT2D eigenvalue weighted by atomic mass is 10.3. The molecule has 1 aromatic heterocycles. The second kappa shape index (κ2) is 5.55. The van der Waals surface area contributed by atoms with Crippen LogP contribution in [-0.2, 0) is 4.74 Å². The van der Waals surface area contributed by atoms with Gasteiger partial charge in [0, 0.05) is 25.3 Å².